The van der Waals surface area contributed by atoms with E-state index >= 15 is 0 Å². The molecule has 2 aliphatic rings. The van der Waals surface area contributed by atoms with Crippen LogP contribution < -0.4 is 5.32 Å². The van der Waals surface area contributed by atoms with Crippen LogP contribution in [0.4, 0.5) is 5.69 Å². The molecular weight excluding hydrogens is 358 g/mol. The van der Waals surface area contributed by atoms with E-state index in [0.717, 1.165) is 19.3 Å². The van der Waals surface area contributed by atoms with Crippen molar-refractivity contribution in [3.8, 4) is 6.07 Å². The minimum atomic E-state index is -0.368. The fraction of sp³-hybridized carbons (Fsp3) is 0.571. The normalized spacial score (nSPS) is 24.6. The monoisotopic (exact) mass is 385 g/mol. The van der Waals surface area contributed by atoms with E-state index < -0.39 is 0 Å². The molecule has 0 radical (unpaired) electrons. The van der Waals surface area contributed by atoms with E-state index in [0.29, 0.717) is 37.4 Å². The first-order chi connectivity index (χ1) is 13.6. The second-order valence-electron chi connectivity index (χ2n) is 7.45. The van der Waals surface area contributed by atoms with Crippen LogP contribution in [0.5, 0.6) is 0 Å². The van der Waals surface area contributed by atoms with Gasteiger partial charge in [0, 0.05) is 25.3 Å². The predicted molar refractivity (Wildman–Crippen MR) is 103 cm³/mol. The summed E-state index contributed by atoms with van der Waals surface area (Å²) in [4.78, 5) is 26.7. The number of anilines is 1. The summed E-state index contributed by atoms with van der Waals surface area (Å²) in [6.07, 6.45) is 3.26. The van der Waals surface area contributed by atoms with Crippen molar-refractivity contribution in [2.75, 3.05) is 25.1 Å². The Hall–Kier alpha value is -2.43. The SMILES string of the molecule is N#Cc1ccccc1NC(=O)CCCC(=O)N1CCOC[C@@H]1[C@@H]1CCC[C@@H]1O. The molecule has 1 heterocycles. The van der Waals surface area contributed by atoms with Gasteiger partial charge >= 0.3 is 0 Å². The third-order valence-corrected chi connectivity index (χ3v) is 5.63. The van der Waals surface area contributed by atoms with Gasteiger partial charge in [-0.05, 0) is 31.4 Å². The van der Waals surface area contributed by atoms with Crippen molar-refractivity contribution in [3.05, 3.63) is 29.8 Å². The number of aliphatic hydroxyl groups excluding tert-OH is 1. The van der Waals surface area contributed by atoms with E-state index in [1.165, 1.54) is 0 Å². The molecule has 0 unspecified atom stereocenters. The number of hydrogen-bond donors (Lipinski definition) is 2. The summed E-state index contributed by atoms with van der Waals surface area (Å²) in [6, 6.07) is 8.81. The summed E-state index contributed by atoms with van der Waals surface area (Å²) in [5.41, 5.74) is 0.906. The number of nitrogens with zero attached hydrogens (tertiary/aromatic N) is 2. The molecule has 1 saturated carbocycles. The molecule has 0 bridgehead atoms. The van der Waals surface area contributed by atoms with Crippen LogP contribution in [0.25, 0.3) is 0 Å². The van der Waals surface area contributed by atoms with Crippen LogP contribution in [0.1, 0.15) is 44.1 Å². The van der Waals surface area contributed by atoms with Gasteiger partial charge in [0.1, 0.15) is 6.07 Å². The highest BCUT2D eigenvalue weighted by molar-refractivity contribution is 5.92. The highest BCUT2D eigenvalue weighted by Gasteiger charge is 2.39. The molecule has 2 N–H and O–H groups in total. The predicted octanol–water partition coefficient (Wildman–Crippen LogP) is 2.06. The Morgan fingerprint density at radius 1 is 1.29 bits per heavy atom. The fourth-order valence-electron chi connectivity index (χ4n) is 4.15. The van der Waals surface area contributed by atoms with Gasteiger partial charge in [0.25, 0.3) is 0 Å². The number of rotatable bonds is 6. The molecule has 7 heteroatoms. The first-order valence-corrected chi connectivity index (χ1v) is 9.94. The molecule has 1 aliphatic carbocycles. The van der Waals surface area contributed by atoms with Gasteiger partial charge in [0.2, 0.25) is 11.8 Å². The van der Waals surface area contributed by atoms with Crippen molar-refractivity contribution in [1.82, 2.24) is 4.90 Å². The lowest BCUT2D eigenvalue weighted by Crippen LogP contribution is -2.53. The van der Waals surface area contributed by atoms with Crippen LogP contribution >= 0.6 is 0 Å². The van der Waals surface area contributed by atoms with Gasteiger partial charge < -0.3 is 20.1 Å². The molecule has 3 rings (SSSR count). The minimum absolute atomic E-state index is 0.0117. The van der Waals surface area contributed by atoms with E-state index in [1.807, 2.05) is 11.0 Å². The van der Waals surface area contributed by atoms with Gasteiger partial charge in [-0.2, -0.15) is 5.26 Å². The van der Waals surface area contributed by atoms with Crippen molar-refractivity contribution < 1.29 is 19.4 Å². The first kappa shape index (κ1) is 20.3. The molecule has 0 spiro atoms. The second kappa shape index (κ2) is 9.67. The number of morpholine rings is 1. The number of nitrogens with one attached hydrogen (secondary N) is 1. The number of ether oxygens (including phenoxy) is 1. The maximum Gasteiger partial charge on any atom is 0.224 e. The number of para-hydroxylation sites is 1. The highest BCUT2D eigenvalue weighted by Crippen LogP contribution is 2.32. The maximum atomic E-state index is 12.7. The minimum Gasteiger partial charge on any atom is -0.393 e. The standard InChI is InChI=1S/C21H27N3O4/c22-13-15-5-1-2-7-17(15)23-20(26)9-4-10-21(27)24-11-12-28-14-18(24)16-6-3-8-19(16)25/h1-2,5,7,16,18-19,25H,3-4,6,8-12,14H2,(H,23,26)/t16-,18+,19-/m0/s1. The molecule has 2 amide bonds. The Balaban J connectivity index is 1.49. The number of aliphatic hydroxyl groups is 1. The summed E-state index contributed by atoms with van der Waals surface area (Å²) in [6.45, 7) is 1.52. The molecule has 2 fully saturated rings. The van der Waals surface area contributed by atoms with Crippen LogP contribution in [0.2, 0.25) is 0 Å². The summed E-state index contributed by atoms with van der Waals surface area (Å²) in [5.74, 6) is -0.118. The lowest BCUT2D eigenvalue weighted by Gasteiger charge is -2.40. The largest absolute Gasteiger partial charge is 0.393 e. The topological polar surface area (TPSA) is 103 Å². The number of nitriles is 1. The van der Waals surface area contributed by atoms with Crippen molar-refractivity contribution in [2.24, 2.45) is 5.92 Å². The molecule has 28 heavy (non-hydrogen) atoms. The van der Waals surface area contributed by atoms with Crippen molar-refractivity contribution >= 4 is 17.5 Å². The zero-order chi connectivity index (χ0) is 19.9. The molecule has 1 aliphatic heterocycles. The molecule has 1 aromatic carbocycles. The van der Waals surface area contributed by atoms with E-state index in [4.69, 9.17) is 10.00 Å². The summed E-state index contributed by atoms with van der Waals surface area (Å²) in [5, 5.41) is 22.0. The fourth-order valence-corrected chi connectivity index (χ4v) is 4.15. The third kappa shape index (κ3) is 4.89. The number of hydrogen-bond acceptors (Lipinski definition) is 5. The van der Waals surface area contributed by atoms with Crippen LogP contribution in [0, 0.1) is 17.2 Å². The Morgan fingerprint density at radius 3 is 2.86 bits per heavy atom. The smallest absolute Gasteiger partial charge is 0.224 e. The van der Waals surface area contributed by atoms with E-state index in [1.54, 1.807) is 24.3 Å². The van der Waals surface area contributed by atoms with Gasteiger partial charge in [-0.15, -0.1) is 0 Å². The second-order valence-corrected chi connectivity index (χ2v) is 7.45. The summed E-state index contributed by atoms with van der Waals surface area (Å²) >= 11 is 0. The van der Waals surface area contributed by atoms with E-state index in [-0.39, 0.29) is 42.7 Å². The molecule has 0 aromatic heterocycles. The molecule has 150 valence electrons. The summed E-state index contributed by atoms with van der Waals surface area (Å²) in [7, 11) is 0. The Morgan fingerprint density at radius 2 is 2.11 bits per heavy atom. The van der Waals surface area contributed by atoms with E-state index in [2.05, 4.69) is 5.32 Å². The number of carbonyl (C=O) groups excluding carboxylic acids is 2. The summed E-state index contributed by atoms with van der Waals surface area (Å²) < 4.78 is 5.56. The van der Waals surface area contributed by atoms with Gasteiger partial charge in [-0.3, -0.25) is 9.59 Å². The lowest BCUT2D eigenvalue weighted by molar-refractivity contribution is -0.144. The number of carbonyl (C=O) groups is 2. The maximum absolute atomic E-state index is 12.7. The van der Waals surface area contributed by atoms with Crippen LogP contribution in [0.3, 0.4) is 0 Å². The van der Waals surface area contributed by atoms with Gasteiger partial charge in [-0.1, -0.05) is 18.6 Å². The molecule has 1 aromatic rings. The average Bonchev–Trinajstić information content (AvgIpc) is 3.14. The number of benzene rings is 1. The Kier molecular flexibility index (Phi) is 7.01. The first-order valence-electron chi connectivity index (χ1n) is 9.94. The quantitative estimate of drug-likeness (QED) is 0.780. The Bertz CT molecular complexity index is 745. The average molecular weight is 385 g/mol. The molecule has 3 atom stereocenters. The van der Waals surface area contributed by atoms with Gasteiger partial charge in [0.05, 0.1) is 36.6 Å². The zero-order valence-electron chi connectivity index (χ0n) is 16.0. The van der Waals surface area contributed by atoms with Crippen molar-refractivity contribution in [3.63, 3.8) is 0 Å². The molecule has 7 nitrogen and oxygen atoms in total. The van der Waals surface area contributed by atoms with Crippen LogP contribution in [0.15, 0.2) is 24.3 Å². The van der Waals surface area contributed by atoms with Gasteiger partial charge in [0.15, 0.2) is 0 Å². The van der Waals surface area contributed by atoms with Crippen LogP contribution in [-0.4, -0.2) is 53.7 Å². The third-order valence-electron chi connectivity index (χ3n) is 5.63. The molecular formula is C21H27N3O4. The highest BCUT2D eigenvalue weighted by atomic mass is 16.5. The lowest BCUT2D eigenvalue weighted by atomic mass is 9.94. The number of amides is 2. The van der Waals surface area contributed by atoms with Gasteiger partial charge in [-0.25, -0.2) is 0 Å². The Labute approximate surface area is 165 Å². The van der Waals surface area contributed by atoms with Crippen molar-refractivity contribution in [2.45, 2.75) is 50.7 Å². The van der Waals surface area contributed by atoms with Crippen LogP contribution in [-0.2, 0) is 14.3 Å². The van der Waals surface area contributed by atoms with E-state index in [9.17, 15) is 14.7 Å². The van der Waals surface area contributed by atoms with Crippen molar-refractivity contribution in [1.29, 1.82) is 5.26 Å². The molecule has 1 saturated heterocycles. The zero-order valence-corrected chi connectivity index (χ0v) is 16.0.